The van der Waals surface area contributed by atoms with Crippen molar-refractivity contribution in [2.75, 3.05) is 24.6 Å². The molecule has 3 aromatic rings. The van der Waals surface area contributed by atoms with E-state index in [9.17, 15) is 27.1 Å². The molecule has 2 aromatic carbocycles. The van der Waals surface area contributed by atoms with Crippen LogP contribution in [0.2, 0.25) is 0 Å². The quantitative estimate of drug-likeness (QED) is 0.370. The summed E-state index contributed by atoms with van der Waals surface area (Å²) in [5, 5.41) is 10.5. The highest BCUT2D eigenvalue weighted by Gasteiger charge is 2.58. The molecule has 3 N–H and O–H groups in total. The first kappa shape index (κ1) is 26.4. The number of anilines is 1. The van der Waals surface area contributed by atoms with Crippen LogP contribution in [0.4, 0.5) is 14.5 Å². The van der Waals surface area contributed by atoms with Crippen molar-refractivity contribution in [3.63, 3.8) is 0 Å². The van der Waals surface area contributed by atoms with Crippen LogP contribution in [0.1, 0.15) is 58.8 Å². The molecule has 8 nitrogen and oxygen atoms in total. The van der Waals surface area contributed by atoms with Crippen molar-refractivity contribution in [2.45, 2.75) is 51.1 Å². The lowest BCUT2D eigenvalue weighted by Gasteiger charge is -2.55. The number of rotatable bonds is 7. The predicted octanol–water partition coefficient (Wildman–Crippen LogP) is 5.31. The van der Waals surface area contributed by atoms with E-state index in [1.807, 2.05) is 25.3 Å². The van der Waals surface area contributed by atoms with Gasteiger partial charge < -0.3 is 14.8 Å². The number of halogens is 2. The number of nitrogens with zero attached hydrogens (tertiary/aromatic N) is 1. The Morgan fingerprint density at radius 3 is 2.63 bits per heavy atom. The van der Waals surface area contributed by atoms with E-state index in [0.717, 1.165) is 28.3 Å². The van der Waals surface area contributed by atoms with Crippen molar-refractivity contribution in [1.29, 1.82) is 0 Å². The lowest BCUT2D eigenvalue weighted by atomic mass is 9.59. The van der Waals surface area contributed by atoms with Gasteiger partial charge in [0.25, 0.3) is 0 Å². The molecule has 2 aliphatic rings. The monoisotopic (exact) mass is 547 g/mol. The summed E-state index contributed by atoms with van der Waals surface area (Å²) in [5.41, 5.74) is 3.03. The molecular weight excluding hydrogens is 516 g/mol. The number of hydrogen-bond acceptors (Lipinski definition) is 5. The van der Waals surface area contributed by atoms with E-state index in [0.29, 0.717) is 37.2 Å². The number of piperidine rings is 1. The molecule has 0 bridgehead atoms. The van der Waals surface area contributed by atoms with Crippen LogP contribution in [0.25, 0.3) is 10.9 Å². The second kappa shape index (κ2) is 9.23. The predicted molar refractivity (Wildman–Crippen MR) is 140 cm³/mol. The molecule has 5 rings (SSSR count). The van der Waals surface area contributed by atoms with E-state index in [4.69, 9.17) is 4.74 Å². The second-order valence-electron chi connectivity index (χ2n) is 10.8. The Kier molecular flexibility index (Phi) is 6.42. The van der Waals surface area contributed by atoms with Gasteiger partial charge in [0.05, 0.1) is 24.6 Å². The molecule has 1 atom stereocenters. The number of likely N-dealkylation sites (tertiary alicyclic amines) is 1. The van der Waals surface area contributed by atoms with Gasteiger partial charge in [0, 0.05) is 48.1 Å². The van der Waals surface area contributed by atoms with Gasteiger partial charge in [0.15, 0.2) is 0 Å². The maximum absolute atomic E-state index is 14.1. The van der Waals surface area contributed by atoms with E-state index in [2.05, 4.69) is 14.6 Å². The Bertz CT molecular complexity index is 1510. The first-order valence-corrected chi connectivity index (χ1v) is 14.3. The van der Waals surface area contributed by atoms with Gasteiger partial charge in [-0.3, -0.25) is 9.62 Å². The fraction of sp³-hybridized carbons (Fsp3) is 0.444. The van der Waals surface area contributed by atoms with Gasteiger partial charge in [-0.15, -0.1) is 0 Å². The molecule has 0 radical (unpaired) electrons. The van der Waals surface area contributed by atoms with Gasteiger partial charge in [-0.05, 0) is 67.1 Å². The number of methoxy groups -OCH3 is 1. The highest BCUT2D eigenvalue weighted by atomic mass is 32.2. The zero-order chi connectivity index (χ0) is 27.5. The summed E-state index contributed by atoms with van der Waals surface area (Å²) in [6, 6.07) is 7.83. The molecule has 204 valence electrons. The molecule has 1 aliphatic carbocycles. The van der Waals surface area contributed by atoms with E-state index in [1.165, 1.54) is 12.1 Å². The number of nitrogens with one attached hydrogen (secondary N) is 2. The highest BCUT2D eigenvalue weighted by Crippen LogP contribution is 2.61. The van der Waals surface area contributed by atoms with Gasteiger partial charge in [-0.25, -0.2) is 22.0 Å². The number of aromatic amines is 1. The standard InChI is InChI=1S/C27H31F2N3O5S/c1-16-10-23(37-2)20(18-6-8-30-24(16)18)13-32-9-7-26(14-27(28,29)15-26)12-22(32)19-5-4-17(25(33)34)11-21(19)31-38(3,35)36/h4-6,8,10-11,22,30-31H,7,9,12-15H2,1-3H3,(H,33,34)/t22-/m0/s1. The number of benzene rings is 2. The van der Waals surface area contributed by atoms with Crippen LogP contribution in [-0.2, 0) is 16.6 Å². The van der Waals surface area contributed by atoms with Crippen molar-refractivity contribution in [1.82, 2.24) is 9.88 Å². The normalized spacial score (nSPS) is 20.8. The third kappa shape index (κ3) is 4.96. The molecule has 38 heavy (non-hydrogen) atoms. The zero-order valence-corrected chi connectivity index (χ0v) is 22.3. The minimum atomic E-state index is -3.74. The van der Waals surface area contributed by atoms with Crippen molar-refractivity contribution in [3.05, 3.63) is 58.8 Å². The van der Waals surface area contributed by atoms with Crippen molar-refractivity contribution >= 4 is 32.6 Å². The Labute approximate surface area is 220 Å². The average molecular weight is 548 g/mol. The molecule has 0 amide bonds. The number of carboxylic acids is 1. The number of fused-ring (bicyclic) bond motifs is 1. The summed E-state index contributed by atoms with van der Waals surface area (Å²) >= 11 is 0. The Balaban J connectivity index is 1.60. The average Bonchev–Trinajstić information content (AvgIpc) is 3.30. The third-order valence-corrected chi connectivity index (χ3v) is 8.50. The number of carboxylic acid groups (broad SMARTS) is 1. The number of H-pyrrole nitrogens is 1. The van der Waals surface area contributed by atoms with Crippen LogP contribution in [0.15, 0.2) is 36.5 Å². The smallest absolute Gasteiger partial charge is 0.335 e. The summed E-state index contributed by atoms with van der Waals surface area (Å²) in [4.78, 5) is 17.1. The molecule has 1 aromatic heterocycles. The van der Waals surface area contributed by atoms with Crippen LogP contribution in [0.3, 0.4) is 0 Å². The topological polar surface area (TPSA) is 112 Å². The van der Waals surface area contributed by atoms with Crippen molar-refractivity contribution in [2.24, 2.45) is 5.41 Å². The van der Waals surface area contributed by atoms with Crippen LogP contribution < -0.4 is 9.46 Å². The maximum atomic E-state index is 14.1. The SMILES string of the molecule is COc1cc(C)c2[nH]ccc2c1CN1CCC2(C[C@H]1c1ccc(C(=O)O)cc1NS(C)(=O)=O)CC(F)(F)C2. The lowest BCUT2D eigenvalue weighted by molar-refractivity contribution is -0.186. The van der Waals surface area contributed by atoms with Crippen LogP contribution in [0, 0.1) is 12.3 Å². The number of carbonyl (C=O) groups is 1. The number of aromatic carboxylic acids is 1. The number of alkyl halides is 2. The summed E-state index contributed by atoms with van der Waals surface area (Å²) in [5.74, 6) is -3.19. The van der Waals surface area contributed by atoms with E-state index in [1.54, 1.807) is 13.2 Å². The Morgan fingerprint density at radius 1 is 1.26 bits per heavy atom. The Morgan fingerprint density at radius 2 is 2.00 bits per heavy atom. The molecule has 1 aliphatic heterocycles. The first-order chi connectivity index (χ1) is 17.8. The minimum Gasteiger partial charge on any atom is -0.496 e. The number of sulfonamides is 1. The number of aryl methyl sites for hydroxylation is 1. The molecule has 0 unspecified atom stereocenters. The number of ether oxygens (including phenoxy) is 1. The first-order valence-electron chi connectivity index (χ1n) is 12.4. The molecule has 1 saturated carbocycles. The van der Waals surface area contributed by atoms with Crippen molar-refractivity contribution < 1.29 is 31.8 Å². The zero-order valence-electron chi connectivity index (χ0n) is 21.5. The molecule has 2 heterocycles. The number of hydrogen-bond donors (Lipinski definition) is 3. The van der Waals surface area contributed by atoms with Crippen LogP contribution in [0.5, 0.6) is 5.75 Å². The van der Waals surface area contributed by atoms with Gasteiger partial charge >= 0.3 is 5.97 Å². The fourth-order valence-electron chi connectivity index (χ4n) is 6.29. The molecule has 2 fully saturated rings. The van der Waals surface area contributed by atoms with Gasteiger partial charge in [-0.2, -0.15) is 0 Å². The molecule has 11 heteroatoms. The van der Waals surface area contributed by atoms with Gasteiger partial charge in [0.1, 0.15) is 5.75 Å². The fourth-order valence-corrected chi connectivity index (χ4v) is 6.87. The summed E-state index contributed by atoms with van der Waals surface area (Å²) in [6.45, 7) is 2.94. The second-order valence-corrected chi connectivity index (χ2v) is 12.5. The summed E-state index contributed by atoms with van der Waals surface area (Å²) in [6.07, 6.45) is 3.43. The maximum Gasteiger partial charge on any atom is 0.335 e. The summed E-state index contributed by atoms with van der Waals surface area (Å²) in [7, 11) is -2.13. The molecule has 1 spiro atoms. The Hall–Kier alpha value is -3.18. The van der Waals surface area contributed by atoms with E-state index >= 15 is 0 Å². The van der Waals surface area contributed by atoms with Gasteiger partial charge in [-0.1, -0.05) is 6.07 Å². The molecule has 1 saturated heterocycles. The van der Waals surface area contributed by atoms with Crippen molar-refractivity contribution in [3.8, 4) is 5.75 Å². The van der Waals surface area contributed by atoms with Crippen LogP contribution >= 0.6 is 0 Å². The van der Waals surface area contributed by atoms with E-state index < -0.39 is 33.4 Å². The third-order valence-electron chi connectivity index (χ3n) is 7.91. The minimum absolute atomic E-state index is 0.0682. The highest BCUT2D eigenvalue weighted by molar-refractivity contribution is 7.92. The summed E-state index contributed by atoms with van der Waals surface area (Å²) < 4.78 is 60.7. The van der Waals surface area contributed by atoms with Crippen LogP contribution in [-0.4, -0.2) is 55.2 Å². The number of aromatic nitrogens is 1. The lowest BCUT2D eigenvalue weighted by Crippen LogP contribution is -2.53. The van der Waals surface area contributed by atoms with E-state index in [-0.39, 0.29) is 24.1 Å². The largest absolute Gasteiger partial charge is 0.496 e. The molecular formula is C27H31F2N3O5S. The van der Waals surface area contributed by atoms with Gasteiger partial charge in [0.2, 0.25) is 15.9 Å².